The van der Waals surface area contributed by atoms with Crippen LogP contribution in [0.4, 0.5) is 5.69 Å². The van der Waals surface area contributed by atoms with Gasteiger partial charge in [0.05, 0.1) is 20.3 Å². The van der Waals surface area contributed by atoms with E-state index in [0.717, 1.165) is 42.7 Å². The minimum Gasteiger partial charge on any atom is -0.497 e. The fourth-order valence-corrected chi connectivity index (χ4v) is 3.91. The molecule has 2 aromatic carbocycles. The zero-order valence-electron chi connectivity index (χ0n) is 16.8. The monoisotopic (exact) mass is 394 g/mol. The Morgan fingerprint density at radius 3 is 2.59 bits per heavy atom. The van der Waals surface area contributed by atoms with Gasteiger partial charge in [-0.2, -0.15) is 0 Å². The quantitative estimate of drug-likeness (QED) is 0.803. The molecule has 1 atom stereocenters. The third kappa shape index (κ3) is 4.06. The van der Waals surface area contributed by atoms with Crippen LogP contribution < -0.4 is 14.8 Å². The van der Waals surface area contributed by atoms with Crippen molar-refractivity contribution < 1.29 is 19.1 Å². The summed E-state index contributed by atoms with van der Waals surface area (Å²) in [5.41, 5.74) is 2.24. The van der Waals surface area contributed by atoms with Crippen molar-refractivity contribution in [3.8, 4) is 11.5 Å². The lowest BCUT2D eigenvalue weighted by molar-refractivity contribution is -0.117. The molecule has 0 spiro atoms. The van der Waals surface area contributed by atoms with E-state index in [1.807, 2.05) is 35.2 Å². The Morgan fingerprint density at radius 1 is 1.03 bits per heavy atom. The fourth-order valence-electron chi connectivity index (χ4n) is 3.91. The predicted octanol–water partition coefficient (Wildman–Crippen LogP) is 4.03. The van der Waals surface area contributed by atoms with Crippen molar-refractivity contribution in [2.75, 3.05) is 26.1 Å². The second kappa shape index (κ2) is 8.15. The third-order valence-corrected chi connectivity index (χ3v) is 5.64. The van der Waals surface area contributed by atoms with Gasteiger partial charge in [0.2, 0.25) is 5.91 Å². The number of nitrogens with zero attached hydrogens (tertiary/aromatic N) is 1. The summed E-state index contributed by atoms with van der Waals surface area (Å²) in [5.74, 6) is 1.57. The summed E-state index contributed by atoms with van der Waals surface area (Å²) < 4.78 is 10.8. The highest BCUT2D eigenvalue weighted by molar-refractivity contribution is 5.98. The van der Waals surface area contributed by atoms with Crippen LogP contribution in [-0.2, 0) is 4.79 Å². The molecule has 2 fully saturated rings. The summed E-state index contributed by atoms with van der Waals surface area (Å²) in [6.07, 6.45) is 3.71. The van der Waals surface area contributed by atoms with Crippen LogP contribution in [0.2, 0.25) is 0 Å². The number of hydrogen-bond acceptors (Lipinski definition) is 4. The predicted molar refractivity (Wildman–Crippen MR) is 110 cm³/mol. The number of nitrogens with one attached hydrogen (secondary N) is 1. The number of methoxy groups -OCH3 is 2. The highest BCUT2D eigenvalue weighted by Gasteiger charge is 2.33. The molecule has 2 amide bonds. The van der Waals surface area contributed by atoms with E-state index in [-0.39, 0.29) is 23.8 Å². The van der Waals surface area contributed by atoms with Crippen LogP contribution >= 0.6 is 0 Å². The highest BCUT2D eigenvalue weighted by atomic mass is 16.5. The van der Waals surface area contributed by atoms with Gasteiger partial charge in [0.1, 0.15) is 11.5 Å². The molecular formula is C23H26N2O4. The minimum atomic E-state index is -0.0481. The molecule has 6 nitrogen and oxygen atoms in total. The number of rotatable bonds is 6. The summed E-state index contributed by atoms with van der Waals surface area (Å²) in [7, 11) is 3.25. The number of hydrogen-bond donors (Lipinski definition) is 1. The molecule has 1 saturated heterocycles. The number of likely N-dealkylation sites (tertiary alicyclic amines) is 1. The van der Waals surface area contributed by atoms with Crippen LogP contribution in [0, 0.1) is 5.92 Å². The van der Waals surface area contributed by atoms with Crippen molar-refractivity contribution in [3.63, 3.8) is 0 Å². The van der Waals surface area contributed by atoms with E-state index in [2.05, 4.69) is 5.32 Å². The van der Waals surface area contributed by atoms with Crippen molar-refractivity contribution in [1.29, 1.82) is 0 Å². The second-order valence-corrected chi connectivity index (χ2v) is 7.61. The van der Waals surface area contributed by atoms with Crippen LogP contribution in [0.1, 0.15) is 47.6 Å². The number of benzene rings is 2. The van der Waals surface area contributed by atoms with Gasteiger partial charge in [0, 0.05) is 35.3 Å². The van der Waals surface area contributed by atoms with Gasteiger partial charge < -0.3 is 19.7 Å². The Kier molecular flexibility index (Phi) is 5.43. The average molecular weight is 394 g/mol. The number of carbonyl (C=O) groups excluding carboxylic acids is 2. The van der Waals surface area contributed by atoms with Crippen LogP contribution in [0.5, 0.6) is 11.5 Å². The molecule has 1 aliphatic carbocycles. The molecule has 1 aliphatic heterocycles. The smallest absolute Gasteiger partial charge is 0.254 e. The third-order valence-electron chi connectivity index (χ3n) is 5.64. The standard InChI is InChI=1S/C23H26N2O4/c1-28-18-10-11-19(21(14-18)29-2)20-7-4-12-25(20)23(27)16-5-3-6-17(13-16)24-22(26)15-8-9-15/h3,5-6,10-11,13-15,20H,4,7-9,12H2,1-2H3,(H,24,26). The zero-order valence-corrected chi connectivity index (χ0v) is 16.8. The van der Waals surface area contributed by atoms with Gasteiger partial charge in [-0.25, -0.2) is 0 Å². The topological polar surface area (TPSA) is 67.9 Å². The van der Waals surface area contributed by atoms with E-state index in [4.69, 9.17) is 9.47 Å². The maximum atomic E-state index is 13.3. The molecule has 1 saturated carbocycles. The molecule has 4 rings (SSSR count). The lowest BCUT2D eigenvalue weighted by Gasteiger charge is -2.27. The molecule has 0 aromatic heterocycles. The van der Waals surface area contributed by atoms with Gasteiger partial charge in [0.15, 0.2) is 0 Å². The minimum absolute atomic E-state index is 0.0344. The van der Waals surface area contributed by atoms with E-state index >= 15 is 0 Å². The molecule has 0 radical (unpaired) electrons. The molecule has 0 bridgehead atoms. The molecular weight excluding hydrogens is 368 g/mol. The van der Waals surface area contributed by atoms with Crippen molar-refractivity contribution in [1.82, 2.24) is 4.90 Å². The first kappa shape index (κ1) is 19.3. The number of ether oxygens (including phenoxy) is 2. The molecule has 152 valence electrons. The largest absolute Gasteiger partial charge is 0.497 e. The summed E-state index contributed by atoms with van der Waals surface area (Å²) in [6.45, 7) is 0.692. The lowest BCUT2D eigenvalue weighted by Crippen LogP contribution is -2.30. The van der Waals surface area contributed by atoms with Crippen LogP contribution in [0.15, 0.2) is 42.5 Å². The van der Waals surface area contributed by atoms with E-state index in [9.17, 15) is 9.59 Å². The van der Waals surface area contributed by atoms with Crippen molar-refractivity contribution >= 4 is 17.5 Å². The lowest BCUT2D eigenvalue weighted by atomic mass is 10.0. The Labute approximate surface area is 170 Å². The highest BCUT2D eigenvalue weighted by Crippen LogP contribution is 2.39. The first-order valence-corrected chi connectivity index (χ1v) is 10.0. The van der Waals surface area contributed by atoms with Gasteiger partial charge in [-0.05, 0) is 56.0 Å². The van der Waals surface area contributed by atoms with E-state index in [0.29, 0.717) is 17.8 Å². The molecule has 1 heterocycles. The number of anilines is 1. The SMILES string of the molecule is COc1ccc(C2CCCN2C(=O)c2cccc(NC(=O)C3CC3)c2)c(OC)c1. The molecule has 2 aromatic rings. The van der Waals surface area contributed by atoms with Gasteiger partial charge in [0.25, 0.3) is 5.91 Å². The van der Waals surface area contributed by atoms with Crippen molar-refractivity contribution in [3.05, 3.63) is 53.6 Å². The Bertz CT molecular complexity index is 923. The van der Waals surface area contributed by atoms with Crippen LogP contribution in [0.3, 0.4) is 0 Å². The number of amides is 2. The normalized spacial score (nSPS) is 18.4. The molecule has 1 N–H and O–H groups in total. The maximum absolute atomic E-state index is 13.3. The first-order chi connectivity index (χ1) is 14.1. The van der Waals surface area contributed by atoms with Crippen LogP contribution in [0.25, 0.3) is 0 Å². The summed E-state index contributed by atoms with van der Waals surface area (Å²) in [6, 6.07) is 12.9. The molecule has 2 aliphatic rings. The zero-order chi connectivity index (χ0) is 20.4. The maximum Gasteiger partial charge on any atom is 0.254 e. The van der Waals surface area contributed by atoms with Gasteiger partial charge in [-0.1, -0.05) is 6.07 Å². The molecule has 6 heteroatoms. The van der Waals surface area contributed by atoms with Gasteiger partial charge >= 0.3 is 0 Å². The summed E-state index contributed by atoms with van der Waals surface area (Å²) >= 11 is 0. The summed E-state index contributed by atoms with van der Waals surface area (Å²) in [5, 5.41) is 2.92. The first-order valence-electron chi connectivity index (χ1n) is 10.0. The van der Waals surface area contributed by atoms with Gasteiger partial charge in [-0.3, -0.25) is 9.59 Å². The molecule has 29 heavy (non-hydrogen) atoms. The summed E-state index contributed by atoms with van der Waals surface area (Å²) in [4.78, 5) is 27.2. The van der Waals surface area contributed by atoms with E-state index in [1.165, 1.54) is 0 Å². The average Bonchev–Trinajstić information content (AvgIpc) is 3.50. The van der Waals surface area contributed by atoms with E-state index < -0.39 is 0 Å². The van der Waals surface area contributed by atoms with Gasteiger partial charge in [-0.15, -0.1) is 0 Å². The van der Waals surface area contributed by atoms with Crippen molar-refractivity contribution in [2.24, 2.45) is 5.92 Å². The number of carbonyl (C=O) groups is 2. The molecule has 1 unspecified atom stereocenters. The second-order valence-electron chi connectivity index (χ2n) is 7.61. The Hall–Kier alpha value is -3.02. The Morgan fingerprint density at radius 2 is 1.86 bits per heavy atom. The fraction of sp³-hybridized carbons (Fsp3) is 0.391. The van der Waals surface area contributed by atoms with Crippen molar-refractivity contribution in [2.45, 2.75) is 31.7 Å². The van der Waals surface area contributed by atoms with Crippen LogP contribution in [-0.4, -0.2) is 37.5 Å². The van der Waals surface area contributed by atoms with E-state index in [1.54, 1.807) is 26.4 Å². The Balaban J connectivity index is 1.56.